The highest BCUT2D eigenvalue weighted by Crippen LogP contribution is 2.23. The number of nitrogens with one attached hydrogen (secondary N) is 1. The summed E-state index contributed by atoms with van der Waals surface area (Å²) in [5, 5.41) is 7.69. The van der Waals surface area contributed by atoms with Gasteiger partial charge in [0.05, 0.1) is 5.69 Å². The number of anilines is 2. The summed E-state index contributed by atoms with van der Waals surface area (Å²) in [5.74, 6) is 1.95. The van der Waals surface area contributed by atoms with Crippen molar-refractivity contribution in [2.75, 3.05) is 18.4 Å². The number of piperidine rings is 1. The molecule has 3 aromatic heterocycles. The molecule has 1 atom stereocenters. The predicted molar refractivity (Wildman–Crippen MR) is 129 cm³/mol. The Hall–Kier alpha value is -3.55. The van der Waals surface area contributed by atoms with Crippen LogP contribution in [0.2, 0.25) is 0 Å². The van der Waals surface area contributed by atoms with Crippen LogP contribution in [0.25, 0.3) is 6.08 Å². The molecule has 0 saturated carbocycles. The van der Waals surface area contributed by atoms with Crippen molar-refractivity contribution >= 4 is 23.6 Å². The molecule has 1 unspecified atom stereocenters. The van der Waals surface area contributed by atoms with Gasteiger partial charge >= 0.3 is 0 Å². The van der Waals surface area contributed by atoms with Gasteiger partial charge in [-0.1, -0.05) is 6.07 Å². The molecule has 1 aliphatic rings. The zero-order valence-electron chi connectivity index (χ0n) is 19.7. The summed E-state index contributed by atoms with van der Waals surface area (Å²) < 4.78 is 1.84. The van der Waals surface area contributed by atoms with Crippen molar-refractivity contribution in [1.82, 2.24) is 29.6 Å². The predicted octanol–water partition coefficient (Wildman–Crippen LogP) is 3.77. The fraction of sp³-hybridized carbons (Fsp3) is 0.400. The summed E-state index contributed by atoms with van der Waals surface area (Å²) in [6.45, 7) is 7.52. The van der Waals surface area contributed by atoms with E-state index in [0.29, 0.717) is 5.92 Å². The second kappa shape index (κ2) is 9.94. The largest absolute Gasteiger partial charge is 0.339 e. The quantitative estimate of drug-likeness (QED) is 0.581. The van der Waals surface area contributed by atoms with Gasteiger partial charge in [-0.3, -0.25) is 9.48 Å². The summed E-state index contributed by atoms with van der Waals surface area (Å²) in [6.07, 6.45) is 9.82. The number of carbonyl (C=O) groups excluding carboxylic acids is 1. The monoisotopic (exact) mass is 445 g/mol. The van der Waals surface area contributed by atoms with Crippen LogP contribution in [0.15, 0.2) is 36.8 Å². The van der Waals surface area contributed by atoms with E-state index in [9.17, 15) is 4.79 Å². The molecule has 0 bridgehead atoms. The van der Waals surface area contributed by atoms with Crippen LogP contribution in [-0.4, -0.2) is 48.6 Å². The van der Waals surface area contributed by atoms with Crippen LogP contribution >= 0.6 is 0 Å². The molecule has 1 amide bonds. The molecule has 0 aromatic carbocycles. The molecule has 33 heavy (non-hydrogen) atoms. The number of aromatic nitrogens is 5. The van der Waals surface area contributed by atoms with Gasteiger partial charge in [-0.2, -0.15) is 5.10 Å². The minimum Gasteiger partial charge on any atom is -0.339 e. The van der Waals surface area contributed by atoms with Gasteiger partial charge < -0.3 is 10.2 Å². The Kier molecular flexibility index (Phi) is 6.82. The fourth-order valence-corrected chi connectivity index (χ4v) is 4.33. The smallest absolute Gasteiger partial charge is 0.246 e. The number of nitrogens with zero attached hydrogens (tertiary/aromatic N) is 6. The lowest BCUT2D eigenvalue weighted by molar-refractivity contribution is -0.127. The zero-order valence-corrected chi connectivity index (χ0v) is 19.7. The van der Waals surface area contributed by atoms with Crippen LogP contribution in [0.3, 0.4) is 0 Å². The molecule has 0 aliphatic carbocycles. The first kappa shape index (κ1) is 22.6. The van der Waals surface area contributed by atoms with Crippen molar-refractivity contribution < 1.29 is 4.79 Å². The number of pyridine rings is 1. The molecule has 0 spiro atoms. The van der Waals surface area contributed by atoms with Gasteiger partial charge in [0.2, 0.25) is 5.91 Å². The first-order valence-electron chi connectivity index (χ1n) is 11.4. The van der Waals surface area contributed by atoms with Gasteiger partial charge in [0.1, 0.15) is 18.0 Å². The Morgan fingerprint density at radius 3 is 2.85 bits per heavy atom. The van der Waals surface area contributed by atoms with Crippen molar-refractivity contribution in [2.24, 2.45) is 13.0 Å². The van der Waals surface area contributed by atoms with Crippen LogP contribution < -0.4 is 5.32 Å². The third kappa shape index (κ3) is 5.45. The highest BCUT2D eigenvalue weighted by molar-refractivity contribution is 5.92. The van der Waals surface area contributed by atoms with Crippen LogP contribution in [0.5, 0.6) is 0 Å². The van der Waals surface area contributed by atoms with E-state index < -0.39 is 0 Å². The minimum atomic E-state index is 0.0537. The van der Waals surface area contributed by atoms with Crippen LogP contribution in [0.1, 0.15) is 41.1 Å². The molecule has 1 N–H and O–H groups in total. The van der Waals surface area contributed by atoms with Crippen LogP contribution in [0.4, 0.5) is 11.6 Å². The maximum Gasteiger partial charge on any atom is 0.246 e. The molecule has 4 rings (SSSR count). The summed E-state index contributed by atoms with van der Waals surface area (Å²) in [4.78, 5) is 28.0. The Labute approximate surface area is 194 Å². The Morgan fingerprint density at radius 1 is 1.24 bits per heavy atom. The maximum atomic E-state index is 12.9. The van der Waals surface area contributed by atoms with E-state index >= 15 is 0 Å². The van der Waals surface area contributed by atoms with Gasteiger partial charge in [-0.15, -0.1) is 0 Å². The lowest BCUT2D eigenvalue weighted by Crippen LogP contribution is -2.39. The average molecular weight is 446 g/mol. The Bertz CT molecular complexity index is 1170. The van der Waals surface area contributed by atoms with Crippen molar-refractivity contribution in [1.29, 1.82) is 0 Å². The van der Waals surface area contributed by atoms with E-state index in [1.165, 1.54) is 0 Å². The van der Waals surface area contributed by atoms with Crippen molar-refractivity contribution in [3.63, 3.8) is 0 Å². The zero-order chi connectivity index (χ0) is 23.4. The Balaban J connectivity index is 1.38. The van der Waals surface area contributed by atoms with Gasteiger partial charge in [-0.05, 0) is 63.7 Å². The van der Waals surface area contributed by atoms with E-state index in [2.05, 4.69) is 25.4 Å². The molecule has 8 nitrogen and oxygen atoms in total. The molecule has 0 radical (unpaired) electrons. The van der Waals surface area contributed by atoms with E-state index in [4.69, 9.17) is 0 Å². The maximum absolute atomic E-state index is 12.9. The van der Waals surface area contributed by atoms with E-state index in [1.54, 1.807) is 18.6 Å². The van der Waals surface area contributed by atoms with Crippen LogP contribution in [-0.2, 0) is 18.3 Å². The molecule has 4 heterocycles. The molecule has 8 heteroatoms. The van der Waals surface area contributed by atoms with Gasteiger partial charge in [0.15, 0.2) is 0 Å². The highest BCUT2D eigenvalue weighted by Gasteiger charge is 2.23. The van der Waals surface area contributed by atoms with E-state index in [0.717, 1.165) is 72.2 Å². The third-order valence-corrected chi connectivity index (χ3v) is 6.27. The summed E-state index contributed by atoms with van der Waals surface area (Å²) in [7, 11) is 1.92. The molecule has 1 saturated heterocycles. The molecular weight excluding hydrogens is 414 g/mol. The number of hydrogen-bond donors (Lipinski definition) is 1. The number of rotatable bonds is 6. The van der Waals surface area contributed by atoms with Crippen molar-refractivity contribution in [2.45, 2.75) is 40.0 Å². The minimum absolute atomic E-state index is 0.0537. The van der Waals surface area contributed by atoms with Crippen molar-refractivity contribution in [3.05, 3.63) is 65.0 Å². The van der Waals surface area contributed by atoms with Crippen LogP contribution in [0, 0.1) is 26.7 Å². The molecule has 1 aliphatic heterocycles. The average Bonchev–Trinajstić information content (AvgIpc) is 3.05. The second-order valence-corrected chi connectivity index (χ2v) is 8.73. The first-order chi connectivity index (χ1) is 15.9. The molecule has 1 fully saturated rings. The highest BCUT2D eigenvalue weighted by atomic mass is 16.2. The fourth-order valence-electron chi connectivity index (χ4n) is 4.33. The standard InChI is InChI=1S/C25H31N7O/c1-17-7-5-11-26-25(17)29-23-14-21(27-16-28-23)13-20-8-6-12-32(15-20)24(33)10-9-22-18(2)30-31(4)19(22)3/h5,7,9-11,14,16,20H,6,8,12-13,15H2,1-4H3,(H,26,27,28,29)/b10-9+. The van der Waals surface area contributed by atoms with E-state index in [-0.39, 0.29) is 5.91 Å². The van der Waals surface area contributed by atoms with Gasteiger partial charge in [0.25, 0.3) is 0 Å². The lowest BCUT2D eigenvalue weighted by Gasteiger charge is -2.32. The SMILES string of the molecule is Cc1cccnc1Nc1cc(CC2CCCN(C(=O)/C=C/c3c(C)nn(C)c3C)C2)ncn1. The Morgan fingerprint density at radius 2 is 2.09 bits per heavy atom. The number of amides is 1. The molecule has 172 valence electrons. The lowest BCUT2D eigenvalue weighted by atomic mass is 9.93. The van der Waals surface area contributed by atoms with E-state index in [1.807, 2.05) is 61.7 Å². The first-order valence-corrected chi connectivity index (χ1v) is 11.4. The van der Waals surface area contributed by atoms with Gasteiger partial charge in [0, 0.05) is 55.4 Å². The summed E-state index contributed by atoms with van der Waals surface area (Å²) >= 11 is 0. The normalized spacial score (nSPS) is 16.4. The molecule has 3 aromatic rings. The van der Waals surface area contributed by atoms with Crippen molar-refractivity contribution in [3.8, 4) is 0 Å². The number of likely N-dealkylation sites (tertiary alicyclic amines) is 1. The summed E-state index contributed by atoms with van der Waals surface area (Å²) in [6, 6.07) is 5.90. The topological polar surface area (TPSA) is 88.8 Å². The number of hydrogen-bond acceptors (Lipinski definition) is 6. The molecular formula is C25H31N7O. The third-order valence-electron chi connectivity index (χ3n) is 6.27. The number of aryl methyl sites for hydroxylation is 3. The summed E-state index contributed by atoms with van der Waals surface area (Å²) in [5.41, 5.74) is 5.04. The second-order valence-electron chi connectivity index (χ2n) is 8.73. The van der Waals surface area contributed by atoms with Gasteiger partial charge in [-0.25, -0.2) is 15.0 Å². The number of carbonyl (C=O) groups is 1.